The first-order valence-electron chi connectivity index (χ1n) is 5.08. The maximum atomic E-state index is 11.6. The number of carbonyl (C=O) groups excluding carboxylic acids is 1. The van der Waals surface area contributed by atoms with Gasteiger partial charge in [-0.15, -0.1) is 11.8 Å². The minimum atomic E-state index is 0.204. The number of carbonyl (C=O) groups is 1. The van der Waals surface area contributed by atoms with Gasteiger partial charge in [0.05, 0.1) is 5.75 Å². The van der Waals surface area contributed by atoms with E-state index in [1.54, 1.807) is 11.8 Å². The van der Waals surface area contributed by atoms with Crippen LogP contribution in [0.4, 0.5) is 0 Å². The molecule has 3 nitrogen and oxygen atoms in total. The van der Waals surface area contributed by atoms with Crippen molar-refractivity contribution in [1.82, 2.24) is 4.90 Å². The topological polar surface area (TPSA) is 24.2 Å². The molecule has 0 saturated carbocycles. The van der Waals surface area contributed by atoms with Gasteiger partial charge in [0.1, 0.15) is 12.4 Å². The number of thioether (sulfide) groups is 1. The summed E-state index contributed by atoms with van der Waals surface area (Å²) in [6.07, 6.45) is 4.08. The molecule has 1 unspecified atom stereocenters. The van der Waals surface area contributed by atoms with Crippen molar-refractivity contribution in [3.05, 3.63) is 30.1 Å². The molecular formula is C11H15N2OS+. The molecule has 1 atom stereocenters. The Morgan fingerprint density at radius 2 is 2.47 bits per heavy atom. The highest BCUT2D eigenvalue weighted by Gasteiger charge is 2.32. The normalized spacial score (nSPS) is 21.1. The summed E-state index contributed by atoms with van der Waals surface area (Å²) >= 11 is 1.71. The largest absolute Gasteiger partial charge is 0.326 e. The van der Waals surface area contributed by atoms with Gasteiger partial charge >= 0.3 is 0 Å². The third kappa shape index (κ3) is 2.00. The summed E-state index contributed by atoms with van der Waals surface area (Å²) in [7, 11) is 2.00. The van der Waals surface area contributed by atoms with Crippen LogP contribution in [0.25, 0.3) is 0 Å². The van der Waals surface area contributed by atoms with E-state index in [0.29, 0.717) is 5.75 Å². The lowest BCUT2D eigenvalue weighted by Gasteiger charge is -2.21. The van der Waals surface area contributed by atoms with Crippen LogP contribution in [-0.2, 0) is 11.8 Å². The van der Waals surface area contributed by atoms with Crippen LogP contribution in [0, 0.1) is 0 Å². The zero-order valence-corrected chi connectivity index (χ0v) is 9.83. The molecular weight excluding hydrogens is 208 g/mol. The lowest BCUT2D eigenvalue weighted by Crippen LogP contribution is -2.31. The number of hydrogen-bond donors (Lipinski definition) is 0. The van der Waals surface area contributed by atoms with Crippen molar-refractivity contribution in [2.24, 2.45) is 7.05 Å². The van der Waals surface area contributed by atoms with Gasteiger partial charge in [0.25, 0.3) is 0 Å². The van der Waals surface area contributed by atoms with E-state index in [1.807, 2.05) is 35.7 Å². The molecule has 15 heavy (non-hydrogen) atoms. The van der Waals surface area contributed by atoms with E-state index in [0.717, 1.165) is 6.54 Å². The monoisotopic (exact) mass is 223 g/mol. The predicted molar refractivity (Wildman–Crippen MR) is 60.2 cm³/mol. The smallest absolute Gasteiger partial charge is 0.233 e. The van der Waals surface area contributed by atoms with Crippen molar-refractivity contribution < 1.29 is 9.36 Å². The number of amides is 1. The lowest BCUT2D eigenvalue weighted by molar-refractivity contribution is -0.672. The summed E-state index contributed by atoms with van der Waals surface area (Å²) in [5.41, 5.74) is 1.21. The number of hydrogen-bond acceptors (Lipinski definition) is 2. The van der Waals surface area contributed by atoms with E-state index in [-0.39, 0.29) is 11.3 Å². The second-order valence-corrected chi connectivity index (χ2v) is 4.71. The maximum absolute atomic E-state index is 11.6. The summed E-state index contributed by atoms with van der Waals surface area (Å²) in [6.45, 7) is 2.81. The molecule has 0 bridgehead atoms. The van der Waals surface area contributed by atoms with Crippen LogP contribution < -0.4 is 4.57 Å². The molecule has 1 aromatic rings. The van der Waals surface area contributed by atoms with Crippen molar-refractivity contribution in [1.29, 1.82) is 0 Å². The Hall–Kier alpha value is -1.03. The molecule has 0 aromatic carbocycles. The van der Waals surface area contributed by atoms with Gasteiger partial charge in [0.2, 0.25) is 5.91 Å². The minimum Gasteiger partial charge on any atom is -0.326 e. The highest BCUT2D eigenvalue weighted by Crippen LogP contribution is 2.37. The molecule has 1 aliphatic heterocycles. The first kappa shape index (κ1) is 10.5. The molecule has 1 fully saturated rings. The second-order valence-electron chi connectivity index (χ2n) is 3.65. The summed E-state index contributed by atoms with van der Waals surface area (Å²) in [5.74, 6) is 0.857. The number of aromatic nitrogens is 1. The molecule has 0 N–H and O–H groups in total. The number of nitrogens with zero attached hydrogens (tertiary/aromatic N) is 2. The van der Waals surface area contributed by atoms with E-state index in [9.17, 15) is 4.79 Å². The molecule has 1 aromatic heterocycles. The molecule has 4 heteroatoms. The minimum absolute atomic E-state index is 0.204. The Bertz CT molecular complexity index is 381. The Kier molecular flexibility index (Phi) is 2.95. The fourth-order valence-corrected chi connectivity index (χ4v) is 3.07. The molecule has 0 aliphatic carbocycles. The van der Waals surface area contributed by atoms with Gasteiger partial charge in [-0.2, -0.15) is 0 Å². The molecule has 80 valence electrons. The van der Waals surface area contributed by atoms with Gasteiger partial charge in [-0.1, -0.05) is 0 Å². The van der Waals surface area contributed by atoms with Crippen molar-refractivity contribution in [3.8, 4) is 0 Å². The first-order valence-corrected chi connectivity index (χ1v) is 6.13. The second kappa shape index (κ2) is 4.23. The Morgan fingerprint density at radius 1 is 1.67 bits per heavy atom. The van der Waals surface area contributed by atoms with Crippen LogP contribution >= 0.6 is 11.8 Å². The Labute approximate surface area is 94.1 Å². The van der Waals surface area contributed by atoms with Gasteiger partial charge in [-0.25, -0.2) is 4.57 Å². The van der Waals surface area contributed by atoms with Crippen LogP contribution in [0.5, 0.6) is 0 Å². The van der Waals surface area contributed by atoms with Crippen molar-refractivity contribution >= 4 is 17.7 Å². The van der Waals surface area contributed by atoms with Gasteiger partial charge in [0, 0.05) is 18.2 Å². The average molecular weight is 223 g/mol. The molecule has 1 aliphatic rings. The standard InChI is InChI=1S/C11H15N2OS/c1-3-13-10(14)8-15-11(13)9-5-4-6-12(2)7-9/h4-7,11H,3,8H2,1-2H3/q+1. The zero-order chi connectivity index (χ0) is 10.8. The van der Waals surface area contributed by atoms with Crippen molar-refractivity contribution in [2.45, 2.75) is 12.3 Å². The summed E-state index contributed by atoms with van der Waals surface area (Å²) < 4.78 is 2.02. The fourth-order valence-electron chi connectivity index (χ4n) is 1.83. The van der Waals surface area contributed by atoms with Gasteiger partial charge in [0.15, 0.2) is 12.4 Å². The van der Waals surface area contributed by atoms with Gasteiger partial charge in [-0.3, -0.25) is 4.79 Å². The molecule has 1 saturated heterocycles. The van der Waals surface area contributed by atoms with Crippen LogP contribution in [0.1, 0.15) is 17.9 Å². The van der Waals surface area contributed by atoms with Crippen molar-refractivity contribution in [3.63, 3.8) is 0 Å². The Balaban J connectivity index is 2.27. The molecule has 2 rings (SSSR count). The third-order valence-corrected chi connectivity index (χ3v) is 3.81. The summed E-state index contributed by atoms with van der Waals surface area (Å²) in [6, 6.07) is 4.10. The summed E-state index contributed by atoms with van der Waals surface area (Å²) in [5, 5.41) is 0.204. The first-order chi connectivity index (χ1) is 7.22. The van der Waals surface area contributed by atoms with E-state index in [2.05, 4.69) is 12.3 Å². The van der Waals surface area contributed by atoms with Crippen LogP contribution in [0.3, 0.4) is 0 Å². The third-order valence-electron chi connectivity index (χ3n) is 2.56. The van der Waals surface area contributed by atoms with E-state index < -0.39 is 0 Å². The number of pyridine rings is 1. The predicted octanol–water partition coefficient (Wildman–Crippen LogP) is 1.10. The number of rotatable bonds is 2. The highest BCUT2D eigenvalue weighted by molar-refractivity contribution is 8.00. The number of aryl methyl sites for hydroxylation is 1. The van der Waals surface area contributed by atoms with Gasteiger partial charge in [-0.05, 0) is 13.0 Å². The van der Waals surface area contributed by atoms with E-state index in [1.165, 1.54) is 5.56 Å². The quantitative estimate of drug-likeness (QED) is 0.701. The Morgan fingerprint density at radius 3 is 3.13 bits per heavy atom. The maximum Gasteiger partial charge on any atom is 0.233 e. The molecule has 0 radical (unpaired) electrons. The zero-order valence-electron chi connectivity index (χ0n) is 9.01. The SMILES string of the molecule is CCN1C(=O)CSC1c1ccc[n+](C)c1. The highest BCUT2D eigenvalue weighted by atomic mass is 32.2. The lowest BCUT2D eigenvalue weighted by atomic mass is 10.2. The molecule has 0 spiro atoms. The summed E-state index contributed by atoms with van der Waals surface area (Å²) in [4.78, 5) is 13.5. The fraction of sp³-hybridized carbons (Fsp3) is 0.455. The van der Waals surface area contributed by atoms with Crippen LogP contribution in [-0.4, -0.2) is 23.1 Å². The molecule has 1 amide bonds. The van der Waals surface area contributed by atoms with Gasteiger partial charge < -0.3 is 4.90 Å². The van der Waals surface area contributed by atoms with E-state index in [4.69, 9.17) is 0 Å². The van der Waals surface area contributed by atoms with E-state index >= 15 is 0 Å². The van der Waals surface area contributed by atoms with Crippen LogP contribution in [0.15, 0.2) is 24.5 Å². The molecule has 2 heterocycles. The average Bonchev–Trinajstić information content (AvgIpc) is 2.59. The van der Waals surface area contributed by atoms with Crippen LogP contribution in [0.2, 0.25) is 0 Å². The van der Waals surface area contributed by atoms with Crippen molar-refractivity contribution in [2.75, 3.05) is 12.3 Å².